The van der Waals surface area contributed by atoms with Crippen LogP contribution in [0.25, 0.3) is 5.69 Å². The first kappa shape index (κ1) is 22.4. The Labute approximate surface area is 202 Å². The molecule has 9 heteroatoms. The third kappa shape index (κ3) is 3.61. The van der Waals surface area contributed by atoms with E-state index in [9.17, 15) is 8.96 Å². The van der Waals surface area contributed by atoms with Crippen molar-refractivity contribution in [2.24, 2.45) is 4.99 Å². The van der Waals surface area contributed by atoms with E-state index in [2.05, 4.69) is 10.2 Å². The van der Waals surface area contributed by atoms with E-state index in [1.165, 1.54) is 10.7 Å². The van der Waals surface area contributed by atoms with E-state index in [0.717, 1.165) is 11.3 Å². The largest absolute Gasteiger partial charge is 0.315 e. The molecule has 1 aliphatic rings. The van der Waals surface area contributed by atoms with Crippen molar-refractivity contribution in [1.29, 1.82) is 0 Å². The molecular weight excluding hydrogens is 472 g/mol. The van der Waals surface area contributed by atoms with Crippen molar-refractivity contribution in [2.45, 2.75) is 13.8 Å². The molecule has 172 valence electrons. The third-order valence-electron chi connectivity index (χ3n) is 5.76. The lowest BCUT2D eigenvalue weighted by Gasteiger charge is -2.35. The quantitative estimate of drug-likeness (QED) is 0.342. The van der Waals surface area contributed by atoms with Gasteiger partial charge >= 0.3 is 0 Å². The number of rotatable bonds is 4. The predicted molar refractivity (Wildman–Crippen MR) is 136 cm³/mol. The molecule has 0 aliphatic carbocycles. The summed E-state index contributed by atoms with van der Waals surface area (Å²) in [5.41, 5.74) is 3.04. The van der Waals surface area contributed by atoms with Crippen LogP contribution in [0, 0.1) is 19.7 Å². The van der Waals surface area contributed by atoms with Crippen LogP contribution in [0.1, 0.15) is 16.8 Å². The molecule has 3 aromatic carbocycles. The summed E-state index contributed by atoms with van der Waals surface area (Å²) in [7, 11) is -1.98. The smallest absolute Gasteiger partial charge is 0.296 e. The monoisotopic (exact) mass is 493 g/mol. The summed E-state index contributed by atoms with van der Waals surface area (Å²) in [6.07, 6.45) is 0. The average Bonchev–Trinajstić information content (AvgIpc) is 3.16. The summed E-state index contributed by atoms with van der Waals surface area (Å²) in [6, 6.07) is 21.2. The Kier molecular flexibility index (Phi) is 5.54. The number of halogens is 2. The summed E-state index contributed by atoms with van der Waals surface area (Å²) in [5, 5.41) is 8.73. The Balaban J connectivity index is 1.77. The first-order valence-corrected chi connectivity index (χ1v) is 12.7. The van der Waals surface area contributed by atoms with Gasteiger partial charge in [-0.2, -0.15) is 5.10 Å². The van der Waals surface area contributed by atoms with Gasteiger partial charge in [-0.3, -0.25) is 9.24 Å². The minimum absolute atomic E-state index is 0.238. The first-order valence-electron chi connectivity index (χ1n) is 10.7. The number of hydrogen-bond donors (Lipinski definition) is 1. The lowest BCUT2D eigenvalue weighted by Crippen LogP contribution is -2.37. The normalized spacial score (nSPS) is 17.3. The van der Waals surface area contributed by atoms with Gasteiger partial charge < -0.3 is 5.09 Å². The molecule has 1 aromatic heterocycles. The molecule has 4 aromatic rings. The fraction of sp³-hybridized carbons (Fsp3) is 0.120. The van der Waals surface area contributed by atoms with Gasteiger partial charge in [-0.05, 0) is 55.8 Å². The van der Waals surface area contributed by atoms with Gasteiger partial charge in [0.2, 0.25) is 0 Å². The Bertz CT molecular complexity index is 1480. The number of fused-ring (bicyclic) bond motifs is 1. The topological polar surface area (TPSA) is 62.5 Å². The Morgan fingerprint density at radius 3 is 2.41 bits per heavy atom. The Morgan fingerprint density at radius 1 is 1.00 bits per heavy atom. The van der Waals surface area contributed by atoms with Crippen LogP contribution in [-0.2, 0) is 4.57 Å². The van der Waals surface area contributed by atoms with Crippen molar-refractivity contribution in [1.82, 2.24) is 14.5 Å². The zero-order valence-corrected chi connectivity index (χ0v) is 20.5. The van der Waals surface area contributed by atoms with Crippen LogP contribution in [0.4, 0.5) is 15.9 Å². The van der Waals surface area contributed by atoms with Crippen LogP contribution in [-0.4, -0.2) is 27.3 Å². The van der Waals surface area contributed by atoms with Crippen LogP contribution in [0.15, 0.2) is 77.8 Å². The van der Waals surface area contributed by atoms with Crippen LogP contribution < -0.4 is 10.4 Å². The molecule has 0 fully saturated rings. The molecule has 0 amide bonds. The Morgan fingerprint density at radius 2 is 1.71 bits per heavy atom. The van der Waals surface area contributed by atoms with Crippen LogP contribution in [0.2, 0.25) is 5.02 Å². The van der Waals surface area contributed by atoms with Gasteiger partial charge in [-0.25, -0.2) is 14.1 Å². The van der Waals surface area contributed by atoms with Crippen molar-refractivity contribution >= 4 is 41.7 Å². The number of anilines is 1. The molecule has 0 saturated carbocycles. The van der Waals surface area contributed by atoms with E-state index in [1.54, 1.807) is 49.0 Å². The molecule has 0 radical (unpaired) electrons. The van der Waals surface area contributed by atoms with Crippen LogP contribution in [0.5, 0.6) is 0 Å². The third-order valence-corrected chi connectivity index (χ3v) is 8.78. The molecule has 0 saturated heterocycles. The summed E-state index contributed by atoms with van der Waals surface area (Å²) >= 11 is 6.49. The molecule has 1 aliphatic heterocycles. The highest BCUT2D eigenvalue weighted by molar-refractivity contribution is 7.72. The maximum atomic E-state index is 14.9. The second-order valence-corrected chi connectivity index (χ2v) is 10.9. The highest BCUT2D eigenvalue weighted by Gasteiger charge is 2.44. The van der Waals surface area contributed by atoms with E-state index in [0.29, 0.717) is 27.5 Å². The van der Waals surface area contributed by atoms with Crippen molar-refractivity contribution in [3.8, 4) is 5.69 Å². The van der Waals surface area contributed by atoms with Crippen molar-refractivity contribution in [3.05, 3.63) is 100 Å². The molecule has 0 unspecified atom stereocenters. The molecule has 1 N–H and O–H groups in total. The number of para-hydroxylation sites is 1. The van der Waals surface area contributed by atoms with Crippen molar-refractivity contribution < 1.29 is 8.96 Å². The SMILES string of the molecule is Cc1ccc(N[P@]2(=O)c3c(C)nn(-c4ccccc4)c3N=C(c3ccccc3F)N2C)c(Cl)c1. The van der Waals surface area contributed by atoms with E-state index in [-0.39, 0.29) is 11.4 Å². The molecule has 34 heavy (non-hydrogen) atoms. The lowest BCUT2D eigenvalue weighted by atomic mass is 10.2. The van der Waals surface area contributed by atoms with Gasteiger partial charge in [0.15, 0.2) is 5.82 Å². The maximum absolute atomic E-state index is 14.9. The van der Waals surface area contributed by atoms with Gasteiger partial charge in [0.1, 0.15) is 17.0 Å². The summed E-state index contributed by atoms with van der Waals surface area (Å²) in [6.45, 7) is 3.72. The molecule has 6 nitrogen and oxygen atoms in total. The van der Waals surface area contributed by atoms with Crippen molar-refractivity contribution in [2.75, 3.05) is 12.1 Å². The fourth-order valence-electron chi connectivity index (χ4n) is 4.05. The number of hydrogen-bond acceptors (Lipinski definition) is 3. The zero-order chi connectivity index (χ0) is 24.0. The average molecular weight is 494 g/mol. The minimum atomic E-state index is -3.62. The number of benzene rings is 3. The summed E-state index contributed by atoms with van der Waals surface area (Å²) < 4.78 is 32.9. The second kappa shape index (κ2) is 8.42. The van der Waals surface area contributed by atoms with Gasteiger partial charge in [0.05, 0.1) is 27.7 Å². The molecule has 1 atom stereocenters. The van der Waals surface area contributed by atoms with E-state index < -0.39 is 13.3 Å². The van der Waals surface area contributed by atoms with Gasteiger partial charge in [0, 0.05) is 7.05 Å². The molecular formula is C25H22ClFN5OP. The molecule has 2 heterocycles. The van der Waals surface area contributed by atoms with Crippen LogP contribution >= 0.6 is 19.0 Å². The lowest BCUT2D eigenvalue weighted by molar-refractivity contribution is 0.552. The molecule has 5 rings (SSSR count). The van der Waals surface area contributed by atoms with Gasteiger partial charge in [-0.15, -0.1) is 0 Å². The van der Waals surface area contributed by atoms with Crippen LogP contribution in [0.3, 0.4) is 0 Å². The predicted octanol–water partition coefficient (Wildman–Crippen LogP) is 6.24. The number of aryl methyl sites for hydroxylation is 2. The summed E-state index contributed by atoms with van der Waals surface area (Å²) in [4.78, 5) is 4.79. The Hall–Kier alpha value is -3.41. The first-order chi connectivity index (χ1) is 16.3. The minimum Gasteiger partial charge on any atom is -0.315 e. The number of amidine groups is 1. The number of aliphatic imine (C=N–C) groups is 1. The zero-order valence-electron chi connectivity index (χ0n) is 18.8. The second-order valence-electron chi connectivity index (χ2n) is 8.11. The van der Waals surface area contributed by atoms with E-state index in [4.69, 9.17) is 16.6 Å². The number of aromatic nitrogens is 2. The maximum Gasteiger partial charge on any atom is 0.296 e. The van der Waals surface area contributed by atoms with Crippen molar-refractivity contribution in [3.63, 3.8) is 0 Å². The van der Waals surface area contributed by atoms with Gasteiger partial charge in [0.25, 0.3) is 7.44 Å². The molecule has 0 spiro atoms. The van der Waals surface area contributed by atoms with E-state index >= 15 is 0 Å². The highest BCUT2D eigenvalue weighted by atomic mass is 35.5. The standard InChI is InChI=1S/C25H22ClFN5OP/c1-16-13-14-22(20(26)15-16)30-34(33)23-17(2)29-32(18-9-5-4-6-10-18)25(23)28-24(31(34)3)19-11-7-8-12-21(19)27/h4-15H,1-3H3,(H,30,33)/t34-/m1/s1. The highest BCUT2D eigenvalue weighted by Crippen LogP contribution is 2.55. The van der Waals surface area contributed by atoms with E-state index in [1.807, 2.05) is 43.3 Å². The number of nitrogens with one attached hydrogen (secondary N) is 1. The van der Waals surface area contributed by atoms with Gasteiger partial charge in [-0.1, -0.05) is 48.0 Å². The number of nitrogens with zero attached hydrogens (tertiary/aromatic N) is 4. The molecule has 0 bridgehead atoms. The fourth-order valence-corrected chi connectivity index (χ4v) is 6.80. The summed E-state index contributed by atoms with van der Waals surface area (Å²) in [5.74, 6) is 0.167.